The fraction of sp³-hybridized carbons (Fsp3) is 0.217. The quantitative estimate of drug-likeness (QED) is 0.725. The molecule has 1 N–H and O–H groups in total. The van der Waals surface area contributed by atoms with Gasteiger partial charge in [-0.1, -0.05) is 30.3 Å². The van der Waals surface area contributed by atoms with Crippen molar-refractivity contribution in [1.82, 2.24) is 4.98 Å². The molecule has 0 amide bonds. The van der Waals surface area contributed by atoms with Gasteiger partial charge in [0.1, 0.15) is 11.5 Å². The minimum absolute atomic E-state index is 0.0932. The summed E-state index contributed by atoms with van der Waals surface area (Å²) < 4.78 is 5.67. The molecule has 3 aromatic rings. The highest BCUT2D eigenvalue weighted by molar-refractivity contribution is 5.95. The van der Waals surface area contributed by atoms with Gasteiger partial charge in [0, 0.05) is 40.9 Å². The van der Waals surface area contributed by atoms with Crippen molar-refractivity contribution in [3.8, 4) is 5.75 Å². The maximum absolute atomic E-state index is 13.0. The average Bonchev–Trinajstić information content (AvgIpc) is 2.72. The minimum Gasteiger partial charge on any atom is -0.496 e. The Bertz CT molecular complexity index is 1090. The number of ether oxygens (including phenoxy) is 1. The molecule has 2 aliphatic rings. The summed E-state index contributed by atoms with van der Waals surface area (Å²) in [4.78, 5) is 17.5. The van der Waals surface area contributed by atoms with E-state index in [4.69, 9.17) is 4.74 Å². The van der Waals surface area contributed by atoms with Gasteiger partial charge in [0.25, 0.3) is 0 Å². The smallest absolute Gasteiger partial charge is 0.143 e. The summed E-state index contributed by atoms with van der Waals surface area (Å²) >= 11 is 0. The molecule has 1 aromatic heterocycles. The van der Waals surface area contributed by atoms with Gasteiger partial charge in [0.2, 0.25) is 0 Å². The predicted octanol–water partition coefficient (Wildman–Crippen LogP) is 4.66. The van der Waals surface area contributed by atoms with Gasteiger partial charge in [-0.05, 0) is 36.2 Å². The van der Waals surface area contributed by atoms with Crippen molar-refractivity contribution < 1.29 is 9.53 Å². The molecule has 1 aliphatic heterocycles. The molecule has 134 valence electrons. The number of aromatic nitrogens is 1. The van der Waals surface area contributed by atoms with E-state index in [0.29, 0.717) is 6.42 Å². The Balaban J connectivity index is 1.85. The average molecular weight is 356 g/mol. The number of nitrogens with zero attached hydrogens (tertiary/aromatic N) is 1. The number of benzene rings is 2. The van der Waals surface area contributed by atoms with E-state index >= 15 is 0 Å². The van der Waals surface area contributed by atoms with E-state index in [9.17, 15) is 4.79 Å². The summed E-state index contributed by atoms with van der Waals surface area (Å²) in [6, 6.07) is 16.2. The number of hydrogen-bond acceptors (Lipinski definition) is 4. The third kappa shape index (κ3) is 2.44. The predicted molar refractivity (Wildman–Crippen MR) is 106 cm³/mol. The molecule has 1 aliphatic carbocycles. The van der Waals surface area contributed by atoms with Crippen molar-refractivity contribution in [2.45, 2.75) is 18.8 Å². The molecule has 0 spiro atoms. The number of fused-ring (bicyclic) bond motifs is 4. The fourth-order valence-corrected chi connectivity index (χ4v) is 4.52. The Labute approximate surface area is 157 Å². The molecule has 2 aromatic carbocycles. The maximum Gasteiger partial charge on any atom is 0.143 e. The van der Waals surface area contributed by atoms with Crippen LogP contribution in [0.4, 0.5) is 5.69 Å². The van der Waals surface area contributed by atoms with Crippen LogP contribution in [0.3, 0.4) is 0 Å². The van der Waals surface area contributed by atoms with E-state index in [2.05, 4.69) is 34.6 Å². The van der Waals surface area contributed by atoms with Crippen molar-refractivity contribution in [1.29, 1.82) is 0 Å². The largest absolute Gasteiger partial charge is 0.496 e. The van der Waals surface area contributed by atoms with E-state index in [1.807, 2.05) is 30.3 Å². The van der Waals surface area contributed by atoms with Gasteiger partial charge in [0.15, 0.2) is 0 Å². The van der Waals surface area contributed by atoms with E-state index in [-0.39, 0.29) is 17.6 Å². The van der Waals surface area contributed by atoms with Gasteiger partial charge < -0.3 is 10.1 Å². The van der Waals surface area contributed by atoms with Crippen LogP contribution in [0.2, 0.25) is 0 Å². The van der Waals surface area contributed by atoms with Crippen molar-refractivity contribution in [2.75, 3.05) is 12.4 Å². The molecule has 5 rings (SSSR count). The number of hydrogen-bond donors (Lipinski definition) is 1. The number of para-hydroxylation sites is 1. The van der Waals surface area contributed by atoms with Crippen molar-refractivity contribution >= 4 is 22.4 Å². The summed E-state index contributed by atoms with van der Waals surface area (Å²) in [6.07, 6.45) is 5.35. The third-order valence-electron chi connectivity index (χ3n) is 5.66. The number of ketones is 1. The first-order valence-electron chi connectivity index (χ1n) is 9.28. The Morgan fingerprint density at radius 2 is 1.96 bits per heavy atom. The lowest BCUT2D eigenvalue weighted by Crippen LogP contribution is -2.35. The van der Waals surface area contributed by atoms with Gasteiger partial charge in [-0.3, -0.25) is 9.78 Å². The second-order valence-electron chi connectivity index (χ2n) is 7.08. The van der Waals surface area contributed by atoms with Crippen LogP contribution in [-0.2, 0) is 4.79 Å². The van der Waals surface area contributed by atoms with E-state index in [1.165, 1.54) is 0 Å². The molecule has 2 unspecified atom stereocenters. The first kappa shape index (κ1) is 16.1. The Morgan fingerprint density at radius 3 is 2.85 bits per heavy atom. The molecule has 0 saturated carbocycles. The van der Waals surface area contributed by atoms with Crippen LogP contribution in [-0.4, -0.2) is 17.9 Å². The van der Waals surface area contributed by atoms with Crippen LogP contribution in [0, 0.1) is 5.92 Å². The van der Waals surface area contributed by atoms with E-state index in [0.717, 1.165) is 45.6 Å². The topological polar surface area (TPSA) is 51.2 Å². The van der Waals surface area contributed by atoms with Crippen molar-refractivity contribution in [3.05, 3.63) is 77.6 Å². The molecular formula is C23H20N2O2. The number of carbonyl (C=O) groups is 1. The molecule has 0 saturated heterocycles. The number of nitrogens with one attached hydrogen (secondary N) is 1. The normalized spacial score (nSPS) is 21.1. The zero-order valence-electron chi connectivity index (χ0n) is 15.1. The lowest BCUT2D eigenvalue weighted by atomic mass is 9.70. The number of Topliss-reactive ketones (excluding diaryl/α,β-unsaturated/α-hetero) is 1. The van der Waals surface area contributed by atoms with Crippen LogP contribution in [0.25, 0.3) is 10.9 Å². The monoisotopic (exact) mass is 356 g/mol. The Kier molecular flexibility index (Phi) is 3.71. The zero-order valence-corrected chi connectivity index (χ0v) is 15.1. The van der Waals surface area contributed by atoms with Crippen molar-refractivity contribution in [2.24, 2.45) is 5.92 Å². The van der Waals surface area contributed by atoms with Crippen LogP contribution >= 0.6 is 0 Å². The number of methoxy groups -OCH3 is 1. The van der Waals surface area contributed by atoms with Crippen LogP contribution in [0.15, 0.2) is 66.5 Å². The summed E-state index contributed by atoms with van der Waals surface area (Å²) in [5.41, 5.74) is 5.17. The number of pyridine rings is 1. The van der Waals surface area contributed by atoms with Gasteiger partial charge in [-0.25, -0.2) is 0 Å². The second kappa shape index (κ2) is 6.23. The highest BCUT2D eigenvalue weighted by Gasteiger charge is 2.41. The Morgan fingerprint density at radius 1 is 1.07 bits per heavy atom. The molecule has 2 heterocycles. The lowest BCUT2D eigenvalue weighted by Gasteiger charge is -2.39. The van der Waals surface area contributed by atoms with Gasteiger partial charge in [-0.2, -0.15) is 0 Å². The van der Waals surface area contributed by atoms with Crippen molar-refractivity contribution in [3.63, 3.8) is 0 Å². The number of allylic oxidation sites excluding steroid dienone is 2. The second-order valence-corrected chi connectivity index (χ2v) is 7.08. The standard InChI is InChI=1S/C23H20N2O2/c1-27-20-10-3-2-6-15(20)22-21-14-7-5-13-24-16(14)11-12-18(21)25-17-8-4-9-19(26)23(17)22/h2-3,5-8,10-13,22-23,25H,4,9H2,1H3. The van der Waals surface area contributed by atoms with Gasteiger partial charge in [-0.15, -0.1) is 0 Å². The SMILES string of the molecule is COc1ccccc1C1c2c(ccc3ncccc23)NC2=CCCC(=O)C21. The molecular weight excluding hydrogens is 336 g/mol. The maximum atomic E-state index is 13.0. The fourth-order valence-electron chi connectivity index (χ4n) is 4.52. The van der Waals surface area contributed by atoms with Crippen LogP contribution in [0.1, 0.15) is 29.9 Å². The zero-order chi connectivity index (χ0) is 18.4. The molecule has 4 nitrogen and oxygen atoms in total. The summed E-state index contributed by atoms with van der Waals surface area (Å²) in [5, 5.41) is 4.61. The summed E-state index contributed by atoms with van der Waals surface area (Å²) in [6.45, 7) is 0. The first-order chi connectivity index (χ1) is 13.3. The molecule has 27 heavy (non-hydrogen) atoms. The first-order valence-corrected chi connectivity index (χ1v) is 9.28. The van der Waals surface area contributed by atoms with Gasteiger partial charge >= 0.3 is 0 Å². The summed E-state index contributed by atoms with van der Waals surface area (Å²) in [5.74, 6) is 0.786. The summed E-state index contributed by atoms with van der Waals surface area (Å²) in [7, 11) is 1.69. The van der Waals surface area contributed by atoms with Crippen LogP contribution < -0.4 is 10.1 Å². The third-order valence-corrected chi connectivity index (χ3v) is 5.66. The molecule has 0 radical (unpaired) electrons. The number of rotatable bonds is 2. The number of carbonyl (C=O) groups excluding carboxylic acids is 1. The molecule has 2 atom stereocenters. The molecule has 0 fully saturated rings. The Hall–Kier alpha value is -3.14. The molecule has 4 heteroatoms. The highest BCUT2D eigenvalue weighted by atomic mass is 16.5. The van der Waals surface area contributed by atoms with Crippen LogP contribution in [0.5, 0.6) is 5.75 Å². The van der Waals surface area contributed by atoms with Gasteiger partial charge in [0.05, 0.1) is 18.5 Å². The highest BCUT2D eigenvalue weighted by Crippen LogP contribution is 2.50. The minimum atomic E-state index is -0.214. The van der Waals surface area contributed by atoms with E-state index < -0.39 is 0 Å². The van der Waals surface area contributed by atoms with E-state index in [1.54, 1.807) is 13.3 Å². The molecule has 0 bridgehead atoms. The lowest BCUT2D eigenvalue weighted by molar-refractivity contribution is -0.122. The number of anilines is 1.